The van der Waals surface area contributed by atoms with Crippen molar-refractivity contribution in [2.45, 2.75) is 31.7 Å². The van der Waals surface area contributed by atoms with Crippen molar-refractivity contribution in [3.8, 4) is 11.3 Å². The number of fused-ring (bicyclic) bond motifs is 1. The SMILES string of the molecule is C[C@H](c1c(Cl)ccc(C2CC2)c1Cl)n1nnc2cnc(-c3csc(C(=O)O)c3)cc21. The Balaban J connectivity index is 1.59. The molecule has 9 heteroatoms. The number of nitrogens with zero attached hydrogens (tertiary/aromatic N) is 4. The number of benzene rings is 1. The van der Waals surface area contributed by atoms with Gasteiger partial charge in [0.15, 0.2) is 0 Å². The van der Waals surface area contributed by atoms with Crippen molar-refractivity contribution in [2.24, 2.45) is 0 Å². The second-order valence-corrected chi connectivity index (χ2v) is 9.11. The van der Waals surface area contributed by atoms with E-state index in [-0.39, 0.29) is 10.9 Å². The highest BCUT2D eigenvalue weighted by Crippen LogP contribution is 2.47. The molecule has 30 heavy (non-hydrogen) atoms. The quantitative estimate of drug-likeness (QED) is 0.393. The Morgan fingerprint density at radius 3 is 2.80 bits per heavy atom. The summed E-state index contributed by atoms with van der Waals surface area (Å²) in [7, 11) is 0. The molecule has 3 aromatic heterocycles. The number of carboxylic acids is 1. The van der Waals surface area contributed by atoms with Gasteiger partial charge in [-0.15, -0.1) is 16.4 Å². The van der Waals surface area contributed by atoms with Crippen molar-refractivity contribution in [1.29, 1.82) is 0 Å². The molecule has 152 valence electrons. The molecule has 0 radical (unpaired) electrons. The average molecular weight is 459 g/mol. The van der Waals surface area contributed by atoms with E-state index in [4.69, 9.17) is 23.2 Å². The van der Waals surface area contributed by atoms with Gasteiger partial charge in [0.05, 0.1) is 28.5 Å². The summed E-state index contributed by atoms with van der Waals surface area (Å²) in [4.78, 5) is 15.9. The molecular formula is C21H16Cl2N4O2S. The lowest BCUT2D eigenvalue weighted by molar-refractivity contribution is 0.0702. The minimum absolute atomic E-state index is 0.235. The number of carbonyl (C=O) groups is 1. The third kappa shape index (κ3) is 3.27. The molecule has 0 bridgehead atoms. The summed E-state index contributed by atoms with van der Waals surface area (Å²) in [5.74, 6) is -0.446. The zero-order valence-corrected chi connectivity index (χ0v) is 18.2. The van der Waals surface area contributed by atoms with Gasteiger partial charge in [-0.3, -0.25) is 4.98 Å². The van der Waals surface area contributed by atoms with Crippen LogP contribution in [0.25, 0.3) is 22.3 Å². The Hall–Kier alpha value is -2.48. The molecule has 1 atom stereocenters. The van der Waals surface area contributed by atoms with Crippen LogP contribution >= 0.6 is 34.5 Å². The van der Waals surface area contributed by atoms with E-state index in [1.54, 1.807) is 22.3 Å². The Morgan fingerprint density at radius 2 is 2.10 bits per heavy atom. The van der Waals surface area contributed by atoms with E-state index < -0.39 is 5.97 Å². The predicted octanol–water partition coefficient (Wildman–Crippen LogP) is 6.05. The fraction of sp³-hybridized carbons (Fsp3) is 0.238. The molecule has 1 aromatic carbocycles. The molecule has 1 fully saturated rings. The van der Waals surface area contributed by atoms with Gasteiger partial charge in [0.1, 0.15) is 10.4 Å². The molecule has 0 amide bonds. The molecular weight excluding hydrogens is 443 g/mol. The van der Waals surface area contributed by atoms with Gasteiger partial charge in [0.2, 0.25) is 0 Å². The van der Waals surface area contributed by atoms with Crippen molar-refractivity contribution in [3.63, 3.8) is 0 Å². The molecule has 5 rings (SSSR count). The van der Waals surface area contributed by atoms with Crippen molar-refractivity contribution in [3.05, 3.63) is 61.9 Å². The van der Waals surface area contributed by atoms with Gasteiger partial charge in [-0.25, -0.2) is 9.48 Å². The van der Waals surface area contributed by atoms with Crippen LogP contribution in [0.15, 0.2) is 35.8 Å². The zero-order valence-electron chi connectivity index (χ0n) is 15.8. The number of aromatic nitrogens is 4. The lowest BCUT2D eigenvalue weighted by atomic mass is 10.0. The van der Waals surface area contributed by atoms with E-state index in [0.717, 1.165) is 35.0 Å². The molecule has 1 aliphatic rings. The van der Waals surface area contributed by atoms with Crippen molar-refractivity contribution in [1.82, 2.24) is 20.0 Å². The third-order valence-corrected chi connectivity index (χ3v) is 7.09. The first-order valence-corrected chi connectivity index (χ1v) is 11.1. The van der Waals surface area contributed by atoms with Crippen LogP contribution in [0.5, 0.6) is 0 Å². The predicted molar refractivity (Wildman–Crippen MR) is 118 cm³/mol. The number of rotatable bonds is 5. The first kappa shape index (κ1) is 19.5. The highest BCUT2D eigenvalue weighted by Gasteiger charge is 2.29. The number of hydrogen-bond donors (Lipinski definition) is 1. The number of hydrogen-bond acceptors (Lipinski definition) is 5. The van der Waals surface area contributed by atoms with Crippen LogP contribution in [-0.4, -0.2) is 31.1 Å². The highest BCUT2D eigenvalue weighted by atomic mass is 35.5. The van der Waals surface area contributed by atoms with Crippen LogP contribution in [-0.2, 0) is 0 Å². The Bertz CT molecular complexity index is 1300. The van der Waals surface area contributed by atoms with Crippen molar-refractivity contribution in [2.75, 3.05) is 0 Å². The summed E-state index contributed by atoms with van der Waals surface area (Å²) in [6.07, 6.45) is 3.94. The van der Waals surface area contributed by atoms with Crippen LogP contribution < -0.4 is 0 Å². The number of aromatic carboxylic acids is 1. The van der Waals surface area contributed by atoms with Gasteiger partial charge in [0, 0.05) is 21.5 Å². The molecule has 3 heterocycles. The van der Waals surface area contributed by atoms with Gasteiger partial charge in [0.25, 0.3) is 0 Å². The van der Waals surface area contributed by atoms with E-state index in [1.165, 1.54) is 11.3 Å². The summed E-state index contributed by atoms with van der Waals surface area (Å²) in [5.41, 5.74) is 4.78. The zero-order chi connectivity index (χ0) is 21.0. The van der Waals surface area contributed by atoms with Crippen molar-refractivity contribution < 1.29 is 9.90 Å². The second kappa shape index (κ2) is 7.34. The summed E-state index contributed by atoms with van der Waals surface area (Å²) < 4.78 is 1.79. The van der Waals surface area contributed by atoms with Gasteiger partial charge in [-0.05, 0) is 49.4 Å². The summed E-state index contributed by atoms with van der Waals surface area (Å²) >= 11 is 14.5. The monoisotopic (exact) mass is 458 g/mol. The third-order valence-electron chi connectivity index (χ3n) is 5.42. The maximum Gasteiger partial charge on any atom is 0.345 e. The number of carboxylic acid groups (broad SMARTS) is 1. The average Bonchev–Trinajstić information content (AvgIpc) is 3.27. The maximum absolute atomic E-state index is 11.2. The first-order chi connectivity index (χ1) is 14.4. The van der Waals surface area contributed by atoms with Gasteiger partial charge >= 0.3 is 5.97 Å². The second-order valence-electron chi connectivity index (χ2n) is 7.41. The van der Waals surface area contributed by atoms with Crippen LogP contribution in [0.3, 0.4) is 0 Å². The summed E-state index contributed by atoms with van der Waals surface area (Å²) in [6.45, 7) is 1.99. The number of halogens is 2. The summed E-state index contributed by atoms with van der Waals surface area (Å²) in [6, 6.07) is 7.16. The fourth-order valence-electron chi connectivity index (χ4n) is 3.67. The molecule has 1 saturated carbocycles. The van der Waals surface area contributed by atoms with E-state index in [0.29, 0.717) is 27.2 Å². The smallest absolute Gasteiger partial charge is 0.345 e. The standard InChI is InChI=1S/C21H16Cl2N4O2S/c1-10(19-14(22)5-4-13(20(19)23)11-2-3-11)27-17-7-15(24-8-16(17)25-26-27)12-6-18(21(28)29)30-9-12/h4-11H,2-3H2,1H3,(H,28,29)/t10-/m1/s1. The minimum Gasteiger partial charge on any atom is -0.477 e. The topological polar surface area (TPSA) is 80.9 Å². The van der Waals surface area contributed by atoms with E-state index in [1.807, 2.05) is 25.1 Å². The first-order valence-electron chi connectivity index (χ1n) is 9.45. The Morgan fingerprint density at radius 1 is 1.30 bits per heavy atom. The molecule has 0 spiro atoms. The van der Waals surface area contributed by atoms with E-state index in [9.17, 15) is 9.90 Å². The number of thiophene rings is 1. The Labute approximate surface area is 186 Å². The fourth-order valence-corrected chi connectivity index (χ4v) is 5.25. The molecule has 6 nitrogen and oxygen atoms in total. The van der Waals surface area contributed by atoms with Gasteiger partial charge in [-0.1, -0.05) is 34.5 Å². The van der Waals surface area contributed by atoms with Gasteiger partial charge < -0.3 is 5.11 Å². The Kier molecular flexibility index (Phi) is 4.76. The van der Waals surface area contributed by atoms with Crippen molar-refractivity contribution >= 4 is 51.5 Å². The van der Waals surface area contributed by atoms with E-state index >= 15 is 0 Å². The molecule has 1 aliphatic carbocycles. The largest absolute Gasteiger partial charge is 0.477 e. The van der Waals surface area contributed by atoms with Crippen LogP contribution in [0.2, 0.25) is 10.0 Å². The number of pyridine rings is 1. The molecule has 0 saturated heterocycles. The van der Waals surface area contributed by atoms with E-state index in [2.05, 4.69) is 15.3 Å². The summed E-state index contributed by atoms with van der Waals surface area (Å²) in [5, 5.41) is 20.8. The van der Waals surface area contributed by atoms with Crippen LogP contribution in [0.4, 0.5) is 0 Å². The lowest BCUT2D eigenvalue weighted by Gasteiger charge is -2.18. The minimum atomic E-state index is -0.951. The molecule has 4 aromatic rings. The molecule has 1 N–H and O–H groups in total. The van der Waals surface area contributed by atoms with Gasteiger partial charge in [-0.2, -0.15) is 0 Å². The maximum atomic E-state index is 11.2. The molecule has 0 unspecified atom stereocenters. The highest BCUT2D eigenvalue weighted by molar-refractivity contribution is 7.12. The molecule has 0 aliphatic heterocycles. The normalized spacial score (nSPS) is 14.9. The van der Waals surface area contributed by atoms with Crippen LogP contribution in [0, 0.1) is 0 Å². The lowest BCUT2D eigenvalue weighted by Crippen LogP contribution is -2.11. The van der Waals surface area contributed by atoms with Crippen LogP contribution in [0.1, 0.15) is 52.5 Å².